The lowest BCUT2D eigenvalue weighted by Gasteiger charge is -2.45. The first-order valence-electron chi connectivity index (χ1n) is 18.9. The Bertz CT molecular complexity index is 2310. The van der Waals surface area contributed by atoms with Crippen LogP contribution in [0.2, 0.25) is 0 Å². The lowest BCUT2D eigenvalue weighted by molar-refractivity contribution is -0.875. The molecule has 1 aromatic heterocycles. The fourth-order valence-electron chi connectivity index (χ4n) is 6.63. The monoisotopic (exact) mass is 807 g/mol. The SMILES string of the molecule is COc1cc(Nc2cc(Oc3ccc(NC(=O)Nc4cc(C(C)(C)C)cc(CC(N)=O)c4OC)c4ccccc34)ccn2)cc(C(=O)NCC[N+]2([O-])CCSCC2)c1. The Hall–Kier alpha value is -6.03. The molecule has 0 bridgehead atoms. The molecule has 0 atom stereocenters. The number of nitrogens with one attached hydrogen (secondary N) is 4. The minimum Gasteiger partial charge on any atom is -0.633 e. The van der Waals surface area contributed by atoms with Crippen LogP contribution in [0, 0.1) is 5.21 Å². The number of pyridine rings is 1. The zero-order valence-electron chi connectivity index (χ0n) is 33.3. The molecular weight excluding hydrogens is 759 g/mol. The molecule has 1 saturated heterocycles. The molecule has 15 heteroatoms. The molecule has 0 spiro atoms. The van der Waals surface area contributed by atoms with Gasteiger partial charge < -0.3 is 51.1 Å². The second kappa shape index (κ2) is 18.1. The number of methoxy groups -OCH3 is 2. The van der Waals surface area contributed by atoms with Gasteiger partial charge in [0.1, 0.15) is 28.8 Å². The van der Waals surface area contributed by atoms with Gasteiger partial charge >= 0.3 is 6.03 Å². The van der Waals surface area contributed by atoms with Gasteiger partial charge in [-0.25, -0.2) is 9.78 Å². The topological polar surface area (TPSA) is 189 Å². The first kappa shape index (κ1) is 41.6. The van der Waals surface area contributed by atoms with Gasteiger partial charge in [0, 0.05) is 57.4 Å². The van der Waals surface area contributed by atoms with E-state index >= 15 is 0 Å². The zero-order chi connectivity index (χ0) is 41.5. The molecule has 14 nitrogen and oxygen atoms in total. The van der Waals surface area contributed by atoms with Crippen molar-refractivity contribution in [1.29, 1.82) is 0 Å². The minimum absolute atomic E-state index is 0.0458. The highest BCUT2D eigenvalue weighted by molar-refractivity contribution is 7.99. The van der Waals surface area contributed by atoms with E-state index in [0.29, 0.717) is 76.6 Å². The van der Waals surface area contributed by atoms with Crippen molar-refractivity contribution in [2.24, 2.45) is 5.73 Å². The van der Waals surface area contributed by atoms with Crippen LogP contribution in [-0.2, 0) is 16.6 Å². The summed E-state index contributed by atoms with van der Waals surface area (Å²) in [5.41, 5.74) is 8.62. The predicted octanol–water partition coefficient (Wildman–Crippen LogP) is 7.55. The third-order valence-corrected chi connectivity index (χ3v) is 10.7. The summed E-state index contributed by atoms with van der Waals surface area (Å²) >= 11 is 1.78. The first-order valence-corrected chi connectivity index (χ1v) is 20.0. The Balaban J connectivity index is 1.16. The standard InChI is InChI=1S/C43H49N7O7S/c1-43(2,3)29-20-27(23-38(44)51)40(56-5)36(24-29)49-42(53)48-35-10-11-37(34-9-7-6-8-33(34)35)57-31-12-13-45-39(26-31)47-30-21-28(22-32(25-30)55-4)41(52)46-14-15-50(54)16-18-58-19-17-50/h6-13,20-22,24-26H,14-19,23H2,1-5H3,(H2,44,51)(H,45,47)(H,46,52)(H2,48,49,53). The average molecular weight is 808 g/mol. The molecule has 1 fully saturated rings. The quantitative estimate of drug-likeness (QED) is 0.0554. The largest absolute Gasteiger partial charge is 0.633 e. The number of hydrogen-bond acceptors (Lipinski definition) is 10. The lowest BCUT2D eigenvalue weighted by Crippen LogP contribution is -2.51. The van der Waals surface area contributed by atoms with E-state index in [0.717, 1.165) is 27.8 Å². The van der Waals surface area contributed by atoms with Crippen molar-refractivity contribution in [2.45, 2.75) is 32.6 Å². The average Bonchev–Trinajstić information content (AvgIpc) is 3.18. The van der Waals surface area contributed by atoms with Crippen LogP contribution >= 0.6 is 11.8 Å². The molecule has 1 aliphatic heterocycles. The molecule has 6 rings (SSSR count). The molecule has 4 aromatic carbocycles. The Kier molecular flexibility index (Phi) is 12.9. The smallest absolute Gasteiger partial charge is 0.323 e. The maximum atomic E-state index is 13.5. The summed E-state index contributed by atoms with van der Waals surface area (Å²) in [7, 11) is 3.00. The number of anilines is 4. The summed E-state index contributed by atoms with van der Waals surface area (Å²) in [4.78, 5) is 43.0. The highest BCUT2D eigenvalue weighted by Gasteiger charge is 2.23. The summed E-state index contributed by atoms with van der Waals surface area (Å²) in [5.74, 6) is 3.17. The third-order valence-electron chi connectivity index (χ3n) is 9.71. The number of primary amides is 1. The van der Waals surface area contributed by atoms with Crippen LogP contribution in [0.25, 0.3) is 10.8 Å². The number of hydrogen-bond donors (Lipinski definition) is 5. The summed E-state index contributed by atoms with van der Waals surface area (Å²) < 4.78 is 17.2. The number of fused-ring (bicyclic) bond motifs is 1. The van der Waals surface area contributed by atoms with E-state index in [1.807, 2.05) is 57.2 Å². The maximum Gasteiger partial charge on any atom is 0.323 e. The Morgan fingerprint density at radius 2 is 1.62 bits per heavy atom. The number of aromatic nitrogens is 1. The van der Waals surface area contributed by atoms with Crippen LogP contribution < -0.4 is 41.2 Å². The summed E-state index contributed by atoms with van der Waals surface area (Å²) in [6.45, 7) is 7.81. The van der Waals surface area contributed by atoms with Gasteiger partial charge in [0.25, 0.3) is 5.91 Å². The Morgan fingerprint density at radius 1 is 0.879 bits per heavy atom. The number of quaternary nitrogens is 1. The van der Waals surface area contributed by atoms with Gasteiger partial charge in [-0.1, -0.05) is 51.1 Å². The molecule has 0 aliphatic carbocycles. The van der Waals surface area contributed by atoms with Crippen molar-refractivity contribution >= 4 is 63.3 Å². The Morgan fingerprint density at radius 3 is 2.33 bits per heavy atom. The molecule has 0 radical (unpaired) electrons. The van der Waals surface area contributed by atoms with E-state index in [1.165, 1.54) is 14.2 Å². The van der Waals surface area contributed by atoms with Gasteiger partial charge in [-0.3, -0.25) is 9.59 Å². The molecule has 6 N–H and O–H groups in total. The number of amides is 4. The van der Waals surface area contributed by atoms with E-state index < -0.39 is 11.9 Å². The van der Waals surface area contributed by atoms with Gasteiger partial charge in [-0.2, -0.15) is 11.8 Å². The number of benzene rings is 4. The number of urea groups is 1. The first-order chi connectivity index (χ1) is 27.7. The zero-order valence-corrected chi connectivity index (χ0v) is 34.1. The molecule has 0 saturated carbocycles. The molecule has 304 valence electrons. The van der Waals surface area contributed by atoms with Crippen LogP contribution in [0.15, 0.2) is 85.1 Å². The highest BCUT2D eigenvalue weighted by Crippen LogP contribution is 2.38. The molecule has 4 amide bonds. The van der Waals surface area contributed by atoms with Gasteiger partial charge in [0.2, 0.25) is 5.91 Å². The summed E-state index contributed by atoms with van der Waals surface area (Å²) in [6, 6.07) is 22.8. The second-order valence-electron chi connectivity index (χ2n) is 15.0. The van der Waals surface area contributed by atoms with Gasteiger partial charge in [-0.15, -0.1) is 0 Å². The van der Waals surface area contributed by atoms with Gasteiger partial charge in [0.15, 0.2) is 0 Å². The predicted molar refractivity (Wildman–Crippen MR) is 230 cm³/mol. The number of rotatable bonds is 14. The van der Waals surface area contributed by atoms with E-state index in [2.05, 4.69) is 26.3 Å². The molecular formula is C43H49N7O7S. The fraction of sp³-hybridized carbons (Fsp3) is 0.302. The van der Waals surface area contributed by atoms with Gasteiger partial charge in [-0.05, 0) is 47.4 Å². The van der Waals surface area contributed by atoms with Crippen molar-refractivity contribution in [3.63, 3.8) is 0 Å². The number of carbonyl (C=O) groups excluding carboxylic acids is 3. The Labute approximate surface area is 342 Å². The van der Waals surface area contributed by atoms with E-state index in [1.54, 1.807) is 60.4 Å². The number of carbonyl (C=O) groups is 3. The number of ether oxygens (including phenoxy) is 3. The van der Waals surface area contributed by atoms with Crippen molar-refractivity contribution in [2.75, 3.05) is 67.9 Å². The van der Waals surface area contributed by atoms with Crippen LogP contribution in [0.5, 0.6) is 23.0 Å². The molecule has 58 heavy (non-hydrogen) atoms. The van der Waals surface area contributed by atoms with Crippen LogP contribution in [0.4, 0.5) is 27.7 Å². The summed E-state index contributed by atoms with van der Waals surface area (Å²) in [6.07, 6.45) is 1.56. The normalized spacial score (nSPS) is 13.6. The molecule has 1 aliphatic rings. The fourth-order valence-corrected chi connectivity index (χ4v) is 7.76. The van der Waals surface area contributed by atoms with E-state index in [9.17, 15) is 19.6 Å². The van der Waals surface area contributed by atoms with Crippen molar-refractivity contribution in [3.8, 4) is 23.0 Å². The highest BCUT2D eigenvalue weighted by atomic mass is 32.2. The van der Waals surface area contributed by atoms with Crippen molar-refractivity contribution < 1.29 is 33.2 Å². The van der Waals surface area contributed by atoms with E-state index in [-0.39, 0.29) is 28.9 Å². The molecule has 5 aromatic rings. The maximum absolute atomic E-state index is 13.5. The number of hydroxylamine groups is 3. The molecule has 0 unspecified atom stereocenters. The van der Waals surface area contributed by atoms with Crippen LogP contribution in [-0.4, -0.2) is 79.4 Å². The second-order valence-corrected chi connectivity index (χ2v) is 16.2. The van der Waals surface area contributed by atoms with Crippen molar-refractivity contribution in [3.05, 3.63) is 107 Å². The number of nitrogens with zero attached hydrogens (tertiary/aromatic N) is 2. The third kappa shape index (κ3) is 10.5. The van der Waals surface area contributed by atoms with Crippen LogP contribution in [0.3, 0.4) is 0 Å². The van der Waals surface area contributed by atoms with Gasteiger partial charge in [0.05, 0.1) is 58.2 Å². The number of thioether (sulfide) groups is 1. The summed E-state index contributed by atoms with van der Waals surface area (Å²) in [5, 5.41) is 26.4. The van der Waals surface area contributed by atoms with Crippen molar-refractivity contribution in [1.82, 2.24) is 10.3 Å². The van der Waals surface area contributed by atoms with E-state index in [4.69, 9.17) is 19.9 Å². The molecule has 2 heterocycles. The minimum atomic E-state index is -0.514. The number of nitrogens with two attached hydrogens (primary N) is 1. The lowest BCUT2D eigenvalue weighted by atomic mass is 9.85. The van der Waals surface area contributed by atoms with Crippen LogP contribution in [0.1, 0.15) is 42.3 Å².